The van der Waals surface area contributed by atoms with Crippen molar-refractivity contribution in [1.29, 1.82) is 0 Å². The van der Waals surface area contributed by atoms with Gasteiger partial charge in [0.1, 0.15) is 12.4 Å². The molecule has 0 saturated heterocycles. The van der Waals surface area contributed by atoms with Gasteiger partial charge in [-0.15, -0.1) is 10.2 Å². The lowest BCUT2D eigenvalue weighted by Crippen LogP contribution is -2.25. The molecule has 0 saturated carbocycles. The van der Waals surface area contributed by atoms with E-state index < -0.39 is 11.9 Å². The van der Waals surface area contributed by atoms with Gasteiger partial charge in [-0.05, 0) is 30.7 Å². The highest BCUT2D eigenvalue weighted by Crippen LogP contribution is 2.25. The predicted octanol–water partition coefficient (Wildman–Crippen LogP) is 2.23. The van der Waals surface area contributed by atoms with E-state index in [0.29, 0.717) is 42.2 Å². The molecular formula is C23H24FN7O3. The third-order valence-electron chi connectivity index (χ3n) is 5.94. The number of halogens is 1. The quantitative estimate of drug-likeness (QED) is 0.386. The number of rotatable bonds is 7. The summed E-state index contributed by atoms with van der Waals surface area (Å²) in [5, 5.41) is 14.7. The number of ether oxygens (including phenoxy) is 2. The lowest BCUT2D eigenvalue weighted by atomic mass is 10.0. The Morgan fingerprint density at radius 2 is 2.12 bits per heavy atom. The van der Waals surface area contributed by atoms with Gasteiger partial charge in [-0.25, -0.2) is 4.39 Å². The van der Waals surface area contributed by atoms with Crippen LogP contribution in [0.2, 0.25) is 0 Å². The van der Waals surface area contributed by atoms with E-state index in [9.17, 15) is 9.18 Å². The SMILES string of the molecule is COCCOc1cnc2ccn([C@H](C)c3nnc4c(F)cc(C5C=NN(C)C5)cn34)c(=O)c2c1. The molecule has 4 aromatic heterocycles. The van der Waals surface area contributed by atoms with E-state index in [1.807, 2.05) is 20.2 Å². The number of hydrogen-bond acceptors (Lipinski definition) is 8. The van der Waals surface area contributed by atoms with Gasteiger partial charge in [0.15, 0.2) is 17.3 Å². The summed E-state index contributed by atoms with van der Waals surface area (Å²) < 4.78 is 28.6. The van der Waals surface area contributed by atoms with E-state index in [-0.39, 0.29) is 17.1 Å². The molecule has 0 radical (unpaired) electrons. The second-order valence-corrected chi connectivity index (χ2v) is 8.23. The number of aromatic nitrogens is 5. The molecule has 0 aliphatic carbocycles. The summed E-state index contributed by atoms with van der Waals surface area (Å²) >= 11 is 0. The van der Waals surface area contributed by atoms with E-state index in [1.165, 1.54) is 10.6 Å². The summed E-state index contributed by atoms with van der Waals surface area (Å²) in [4.78, 5) is 17.7. The maximum atomic E-state index is 14.9. The maximum absolute atomic E-state index is 14.9. The monoisotopic (exact) mass is 465 g/mol. The maximum Gasteiger partial charge on any atom is 0.260 e. The molecule has 11 heteroatoms. The van der Waals surface area contributed by atoms with Gasteiger partial charge in [-0.2, -0.15) is 5.10 Å². The van der Waals surface area contributed by atoms with Crippen LogP contribution in [0.3, 0.4) is 0 Å². The van der Waals surface area contributed by atoms with Crippen molar-refractivity contribution in [1.82, 2.24) is 29.2 Å². The highest BCUT2D eigenvalue weighted by atomic mass is 19.1. The van der Waals surface area contributed by atoms with E-state index in [1.54, 1.807) is 47.3 Å². The van der Waals surface area contributed by atoms with Crippen LogP contribution in [0.15, 0.2) is 46.7 Å². The first-order valence-corrected chi connectivity index (χ1v) is 10.9. The van der Waals surface area contributed by atoms with Gasteiger partial charge in [0, 0.05) is 45.2 Å². The van der Waals surface area contributed by atoms with E-state index in [2.05, 4.69) is 20.3 Å². The summed E-state index contributed by atoms with van der Waals surface area (Å²) in [7, 11) is 3.46. The number of pyridine rings is 3. The third-order valence-corrected chi connectivity index (χ3v) is 5.94. The van der Waals surface area contributed by atoms with E-state index in [0.717, 1.165) is 5.56 Å². The molecule has 5 heterocycles. The Morgan fingerprint density at radius 3 is 2.88 bits per heavy atom. The van der Waals surface area contributed by atoms with Gasteiger partial charge in [0.25, 0.3) is 5.56 Å². The van der Waals surface area contributed by atoms with Crippen LogP contribution in [0, 0.1) is 5.82 Å². The molecule has 176 valence electrons. The first-order chi connectivity index (χ1) is 16.5. The molecule has 0 N–H and O–H groups in total. The average molecular weight is 465 g/mol. The number of fused-ring (bicyclic) bond motifs is 2. The molecule has 0 spiro atoms. The van der Waals surface area contributed by atoms with Crippen molar-refractivity contribution < 1.29 is 13.9 Å². The zero-order valence-corrected chi connectivity index (χ0v) is 19.1. The van der Waals surface area contributed by atoms with Crippen LogP contribution in [0.4, 0.5) is 4.39 Å². The standard InChI is InChI=1S/C23H24FN7O3/c1-14(30-5-4-20-18(23(30)32)9-17(11-25-20)34-7-6-33-3)21-27-28-22-19(24)8-15(13-31(21)22)16-10-26-29(2)12-16/h4-5,8-11,13-14,16H,6-7,12H2,1-3H3/t14-,16?/m1/s1. The predicted molar refractivity (Wildman–Crippen MR) is 124 cm³/mol. The Morgan fingerprint density at radius 1 is 1.26 bits per heavy atom. The molecule has 0 aromatic carbocycles. The third kappa shape index (κ3) is 3.87. The Hall–Kier alpha value is -3.86. The van der Waals surface area contributed by atoms with Crippen LogP contribution in [0.25, 0.3) is 16.6 Å². The van der Waals surface area contributed by atoms with Crippen molar-refractivity contribution in [3.05, 3.63) is 64.3 Å². The lowest BCUT2D eigenvalue weighted by molar-refractivity contribution is 0.146. The minimum absolute atomic E-state index is 0.0412. The van der Waals surface area contributed by atoms with Crippen LogP contribution in [0.1, 0.15) is 30.3 Å². The fourth-order valence-corrected chi connectivity index (χ4v) is 4.11. The summed E-state index contributed by atoms with van der Waals surface area (Å²) in [5.74, 6) is 0.413. The van der Waals surface area contributed by atoms with Crippen LogP contribution in [-0.2, 0) is 4.74 Å². The van der Waals surface area contributed by atoms with Crippen molar-refractivity contribution >= 4 is 22.8 Å². The van der Waals surface area contributed by atoms with Gasteiger partial charge < -0.3 is 14.0 Å². The molecule has 1 aliphatic rings. The van der Waals surface area contributed by atoms with Gasteiger partial charge in [-0.3, -0.25) is 19.2 Å². The Balaban J connectivity index is 1.54. The topological polar surface area (TPSA) is 99.1 Å². The highest BCUT2D eigenvalue weighted by Gasteiger charge is 2.23. The summed E-state index contributed by atoms with van der Waals surface area (Å²) in [6.07, 6.45) is 6.84. The zero-order chi connectivity index (χ0) is 23.8. The van der Waals surface area contributed by atoms with Crippen molar-refractivity contribution in [3.63, 3.8) is 0 Å². The molecule has 1 aliphatic heterocycles. The molecular weight excluding hydrogens is 441 g/mol. The van der Waals surface area contributed by atoms with Crippen LogP contribution in [-0.4, -0.2) is 69.3 Å². The fraction of sp³-hybridized carbons (Fsp3) is 0.348. The molecule has 34 heavy (non-hydrogen) atoms. The van der Waals surface area contributed by atoms with Crippen LogP contribution < -0.4 is 10.3 Å². The Bertz CT molecular complexity index is 1450. The Kier molecular flexibility index (Phi) is 5.70. The minimum atomic E-state index is -0.514. The van der Waals surface area contributed by atoms with Crippen molar-refractivity contribution in [2.45, 2.75) is 18.9 Å². The molecule has 10 nitrogen and oxygen atoms in total. The average Bonchev–Trinajstić information content (AvgIpc) is 3.46. The summed E-state index contributed by atoms with van der Waals surface area (Å²) in [5.41, 5.74) is 1.17. The smallest absolute Gasteiger partial charge is 0.260 e. The lowest BCUT2D eigenvalue weighted by Gasteiger charge is -2.16. The van der Waals surface area contributed by atoms with E-state index >= 15 is 0 Å². The molecule has 5 rings (SSSR count). The first kappa shape index (κ1) is 22.0. The molecule has 0 fully saturated rings. The van der Waals surface area contributed by atoms with Crippen LogP contribution >= 0.6 is 0 Å². The first-order valence-electron chi connectivity index (χ1n) is 10.9. The van der Waals surface area contributed by atoms with Crippen molar-refractivity contribution in [2.75, 3.05) is 33.9 Å². The van der Waals surface area contributed by atoms with Gasteiger partial charge >= 0.3 is 0 Å². The van der Waals surface area contributed by atoms with Crippen molar-refractivity contribution in [2.24, 2.45) is 5.10 Å². The van der Waals surface area contributed by atoms with Crippen LogP contribution in [0.5, 0.6) is 5.75 Å². The van der Waals surface area contributed by atoms with Crippen molar-refractivity contribution in [3.8, 4) is 5.75 Å². The normalized spacial score (nSPS) is 16.6. The zero-order valence-electron chi connectivity index (χ0n) is 19.1. The minimum Gasteiger partial charge on any atom is -0.490 e. The molecule has 4 aromatic rings. The molecule has 0 amide bonds. The number of nitrogens with zero attached hydrogens (tertiary/aromatic N) is 7. The number of likely N-dealkylation sites (N-methyl/N-ethyl adjacent to an activating group) is 1. The second-order valence-electron chi connectivity index (χ2n) is 8.23. The van der Waals surface area contributed by atoms with Gasteiger partial charge in [-0.1, -0.05) is 0 Å². The fourth-order valence-electron chi connectivity index (χ4n) is 4.11. The number of hydrazone groups is 1. The van der Waals surface area contributed by atoms with Gasteiger partial charge in [0.2, 0.25) is 0 Å². The Labute approximate surface area is 194 Å². The highest BCUT2D eigenvalue weighted by molar-refractivity contribution is 5.78. The second kappa shape index (κ2) is 8.82. The van der Waals surface area contributed by atoms with Gasteiger partial charge in [0.05, 0.1) is 29.7 Å². The number of methoxy groups -OCH3 is 1. The molecule has 0 bridgehead atoms. The largest absolute Gasteiger partial charge is 0.490 e. The summed E-state index contributed by atoms with van der Waals surface area (Å²) in [6.45, 7) is 3.26. The molecule has 2 atom stereocenters. The van der Waals surface area contributed by atoms with E-state index in [4.69, 9.17) is 9.47 Å². The summed E-state index contributed by atoms with van der Waals surface area (Å²) in [6, 6.07) is 4.37. The molecule has 1 unspecified atom stereocenters. The number of hydrogen-bond donors (Lipinski definition) is 0.